The van der Waals surface area contributed by atoms with E-state index in [2.05, 4.69) is 59.2 Å². The molecule has 2 aromatic rings. The lowest BCUT2D eigenvalue weighted by Crippen LogP contribution is -2.17. The molecule has 1 N–H and O–H groups in total. The Kier molecular flexibility index (Phi) is 3.38. The van der Waals surface area contributed by atoms with Crippen molar-refractivity contribution in [2.75, 3.05) is 0 Å². The molecule has 0 saturated heterocycles. The summed E-state index contributed by atoms with van der Waals surface area (Å²) in [6.07, 6.45) is 6.60. The van der Waals surface area contributed by atoms with Gasteiger partial charge in [0, 0.05) is 30.9 Å². The highest BCUT2D eigenvalue weighted by molar-refractivity contribution is 5.42. The molecule has 1 aliphatic rings. The van der Waals surface area contributed by atoms with Crippen LogP contribution < -0.4 is 5.32 Å². The molecule has 3 heteroatoms. The third-order valence-corrected chi connectivity index (χ3v) is 3.60. The van der Waals surface area contributed by atoms with Crippen LogP contribution in [-0.2, 0) is 6.54 Å². The van der Waals surface area contributed by atoms with Crippen LogP contribution in [0.15, 0.2) is 36.7 Å². The van der Waals surface area contributed by atoms with Gasteiger partial charge in [-0.15, -0.1) is 0 Å². The summed E-state index contributed by atoms with van der Waals surface area (Å²) < 4.78 is 2.22. The molecule has 100 valence electrons. The van der Waals surface area contributed by atoms with Crippen molar-refractivity contribution in [3.05, 3.63) is 48.0 Å². The SMILES string of the molecule is CC(C)c1nccn1-c1ccccc1CNC1CC1. The zero-order chi connectivity index (χ0) is 13.2. The zero-order valence-electron chi connectivity index (χ0n) is 11.6. The molecular weight excluding hydrogens is 234 g/mol. The molecule has 1 heterocycles. The number of nitrogens with one attached hydrogen (secondary N) is 1. The van der Waals surface area contributed by atoms with Gasteiger partial charge in [-0.2, -0.15) is 0 Å². The summed E-state index contributed by atoms with van der Waals surface area (Å²) in [5.74, 6) is 1.55. The van der Waals surface area contributed by atoms with E-state index in [1.54, 1.807) is 0 Å². The Morgan fingerprint density at radius 1 is 1.32 bits per heavy atom. The molecular formula is C16H21N3. The summed E-state index contributed by atoms with van der Waals surface area (Å²) in [6, 6.07) is 9.33. The summed E-state index contributed by atoms with van der Waals surface area (Å²) in [5.41, 5.74) is 2.59. The highest BCUT2D eigenvalue weighted by Gasteiger charge is 2.20. The molecule has 1 fully saturated rings. The summed E-state index contributed by atoms with van der Waals surface area (Å²) in [5, 5.41) is 3.59. The minimum atomic E-state index is 0.430. The Labute approximate surface area is 114 Å². The lowest BCUT2D eigenvalue weighted by Gasteiger charge is -2.15. The summed E-state index contributed by atoms with van der Waals surface area (Å²) >= 11 is 0. The number of aromatic nitrogens is 2. The van der Waals surface area contributed by atoms with Gasteiger partial charge in [-0.3, -0.25) is 0 Å². The van der Waals surface area contributed by atoms with Crippen LogP contribution in [-0.4, -0.2) is 15.6 Å². The van der Waals surface area contributed by atoms with Gasteiger partial charge in [0.15, 0.2) is 0 Å². The molecule has 0 radical (unpaired) electrons. The van der Waals surface area contributed by atoms with E-state index in [1.165, 1.54) is 24.1 Å². The summed E-state index contributed by atoms with van der Waals surface area (Å²) in [7, 11) is 0. The average molecular weight is 255 g/mol. The van der Waals surface area contributed by atoms with Crippen LogP contribution in [0.5, 0.6) is 0 Å². The van der Waals surface area contributed by atoms with E-state index in [0.29, 0.717) is 5.92 Å². The maximum absolute atomic E-state index is 4.48. The minimum Gasteiger partial charge on any atom is -0.310 e. The molecule has 0 bridgehead atoms. The van der Waals surface area contributed by atoms with Gasteiger partial charge in [0.05, 0.1) is 5.69 Å². The second-order valence-corrected chi connectivity index (χ2v) is 5.59. The van der Waals surface area contributed by atoms with Crippen LogP contribution in [0.25, 0.3) is 5.69 Å². The maximum Gasteiger partial charge on any atom is 0.115 e. The van der Waals surface area contributed by atoms with E-state index in [9.17, 15) is 0 Å². The van der Waals surface area contributed by atoms with Crippen molar-refractivity contribution in [3.8, 4) is 5.69 Å². The molecule has 0 amide bonds. The van der Waals surface area contributed by atoms with Gasteiger partial charge >= 0.3 is 0 Å². The topological polar surface area (TPSA) is 29.9 Å². The van der Waals surface area contributed by atoms with Crippen LogP contribution in [0.3, 0.4) is 0 Å². The van der Waals surface area contributed by atoms with E-state index < -0.39 is 0 Å². The highest BCUT2D eigenvalue weighted by atomic mass is 15.1. The second kappa shape index (κ2) is 5.17. The van der Waals surface area contributed by atoms with Gasteiger partial charge in [-0.1, -0.05) is 32.0 Å². The van der Waals surface area contributed by atoms with Crippen molar-refractivity contribution >= 4 is 0 Å². The normalized spacial score (nSPS) is 15.1. The Hall–Kier alpha value is -1.61. The van der Waals surface area contributed by atoms with Crippen LogP contribution in [0.4, 0.5) is 0 Å². The second-order valence-electron chi connectivity index (χ2n) is 5.59. The first-order valence-corrected chi connectivity index (χ1v) is 7.10. The number of rotatable bonds is 5. The molecule has 0 atom stereocenters. The number of benzene rings is 1. The number of hydrogen-bond acceptors (Lipinski definition) is 2. The zero-order valence-corrected chi connectivity index (χ0v) is 11.6. The van der Waals surface area contributed by atoms with Crippen molar-refractivity contribution in [2.24, 2.45) is 0 Å². The fourth-order valence-corrected chi connectivity index (χ4v) is 2.38. The molecule has 0 aliphatic heterocycles. The fraction of sp³-hybridized carbons (Fsp3) is 0.438. The van der Waals surface area contributed by atoms with E-state index >= 15 is 0 Å². The van der Waals surface area contributed by atoms with Gasteiger partial charge in [0.1, 0.15) is 5.82 Å². The van der Waals surface area contributed by atoms with E-state index in [1.807, 2.05) is 6.20 Å². The van der Waals surface area contributed by atoms with Crippen LogP contribution in [0.1, 0.15) is 44.0 Å². The van der Waals surface area contributed by atoms with E-state index in [-0.39, 0.29) is 0 Å². The summed E-state index contributed by atoms with van der Waals surface area (Å²) in [6.45, 7) is 5.31. The number of imidazole rings is 1. The first-order chi connectivity index (χ1) is 9.25. The van der Waals surface area contributed by atoms with Crippen LogP contribution in [0, 0.1) is 0 Å². The van der Waals surface area contributed by atoms with Crippen molar-refractivity contribution in [1.82, 2.24) is 14.9 Å². The lowest BCUT2D eigenvalue weighted by molar-refractivity contribution is 0.680. The molecule has 0 unspecified atom stereocenters. The first-order valence-electron chi connectivity index (χ1n) is 7.10. The Morgan fingerprint density at radius 2 is 2.11 bits per heavy atom. The largest absolute Gasteiger partial charge is 0.310 e. The molecule has 1 aliphatic carbocycles. The van der Waals surface area contributed by atoms with Crippen molar-refractivity contribution in [3.63, 3.8) is 0 Å². The van der Waals surface area contributed by atoms with E-state index in [0.717, 1.165) is 18.4 Å². The van der Waals surface area contributed by atoms with Crippen LogP contribution in [0.2, 0.25) is 0 Å². The Bertz CT molecular complexity index is 553. The Balaban J connectivity index is 1.91. The molecule has 1 aromatic carbocycles. The molecule has 19 heavy (non-hydrogen) atoms. The maximum atomic E-state index is 4.48. The molecule has 3 rings (SSSR count). The van der Waals surface area contributed by atoms with Crippen LogP contribution >= 0.6 is 0 Å². The predicted octanol–water partition coefficient (Wildman–Crippen LogP) is 3.25. The van der Waals surface area contributed by atoms with Gasteiger partial charge in [0.25, 0.3) is 0 Å². The average Bonchev–Trinajstić information content (AvgIpc) is 3.11. The van der Waals surface area contributed by atoms with Crippen molar-refractivity contribution in [2.45, 2.75) is 45.2 Å². The lowest BCUT2D eigenvalue weighted by atomic mass is 10.1. The predicted molar refractivity (Wildman–Crippen MR) is 77.5 cm³/mol. The molecule has 0 spiro atoms. The minimum absolute atomic E-state index is 0.430. The number of nitrogens with zero attached hydrogens (tertiary/aromatic N) is 2. The monoisotopic (exact) mass is 255 g/mol. The van der Waals surface area contributed by atoms with Gasteiger partial charge < -0.3 is 9.88 Å². The highest BCUT2D eigenvalue weighted by Crippen LogP contribution is 2.23. The molecule has 1 aromatic heterocycles. The van der Waals surface area contributed by atoms with Crippen molar-refractivity contribution in [1.29, 1.82) is 0 Å². The van der Waals surface area contributed by atoms with Gasteiger partial charge in [0.2, 0.25) is 0 Å². The standard InChI is InChI=1S/C16H21N3/c1-12(2)16-17-9-10-19(16)15-6-4-3-5-13(15)11-18-14-7-8-14/h3-6,9-10,12,14,18H,7-8,11H2,1-2H3. The smallest absolute Gasteiger partial charge is 0.115 e. The quantitative estimate of drug-likeness (QED) is 0.889. The van der Waals surface area contributed by atoms with E-state index in [4.69, 9.17) is 0 Å². The third-order valence-electron chi connectivity index (χ3n) is 3.60. The first kappa shape index (κ1) is 12.4. The van der Waals surface area contributed by atoms with Gasteiger partial charge in [-0.05, 0) is 24.5 Å². The summed E-state index contributed by atoms with van der Waals surface area (Å²) in [4.78, 5) is 4.48. The fourth-order valence-electron chi connectivity index (χ4n) is 2.38. The molecule has 1 saturated carbocycles. The van der Waals surface area contributed by atoms with Gasteiger partial charge in [-0.25, -0.2) is 4.98 Å². The van der Waals surface area contributed by atoms with Crippen molar-refractivity contribution < 1.29 is 0 Å². The third kappa shape index (κ3) is 2.71. The molecule has 3 nitrogen and oxygen atoms in total. The number of para-hydroxylation sites is 1. The number of hydrogen-bond donors (Lipinski definition) is 1. The Morgan fingerprint density at radius 3 is 2.84 bits per heavy atom.